The monoisotopic (exact) mass is 396 g/mol. The Balaban J connectivity index is 2.09. The van der Waals surface area contributed by atoms with Gasteiger partial charge in [0.2, 0.25) is 0 Å². The number of hydrogen-bond donors (Lipinski definition) is 2. The van der Waals surface area contributed by atoms with Crippen LogP contribution in [-0.4, -0.2) is 0 Å². The maximum atomic E-state index is 14.4. The van der Waals surface area contributed by atoms with Crippen LogP contribution in [0.3, 0.4) is 0 Å². The normalized spacial score (nSPS) is 12.6. The second kappa shape index (κ2) is 8.62. The predicted molar refractivity (Wildman–Crippen MR) is 118 cm³/mol. The molecule has 3 aromatic rings. The summed E-state index contributed by atoms with van der Waals surface area (Å²) in [7, 11) is -3.18. The van der Waals surface area contributed by atoms with E-state index in [2.05, 4.69) is 0 Å². The summed E-state index contributed by atoms with van der Waals surface area (Å²) in [4.78, 5) is 0. The van der Waals surface area contributed by atoms with Crippen molar-refractivity contribution in [3.63, 3.8) is 0 Å². The van der Waals surface area contributed by atoms with Crippen LogP contribution in [0.1, 0.15) is 37.9 Å². The topological polar surface area (TPSA) is 69.1 Å². The van der Waals surface area contributed by atoms with E-state index in [1.54, 1.807) is 60.7 Å². The Morgan fingerprint density at radius 3 is 1.86 bits per heavy atom. The van der Waals surface area contributed by atoms with Crippen molar-refractivity contribution >= 4 is 34.4 Å². The number of rotatable bonds is 7. The van der Waals surface area contributed by atoms with Gasteiger partial charge in [0.05, 0.1) is 0 Å². The minimum absolute atomic E-state index is 0.498. The Bertz CT molecular complexity index is 938. The molecule has 3 nitrogen and oxygen atoms in total. The predicted octanol–water partition coefficient (Wildman–Crippen LogP) is 4.69. The van der Waals surface area contributed by atoms with Crippen molar-refractivity contribution in [1.29, 1.82) is 0 Å². The van der Waals surface area contributed by atoms with Crippen LogP contribution < -0.4 is 27.4 Å². The zero-order valence-electron chi connectivity index (χ0n) is 16.0. The highest BCUT2D eigenvalue weighted by Gasteiger charge is 2.30. The largest absolute Gasteiger partial charge is 0.399 e. The van der Waals surface area contributed by atoms with Gasteiger partial charge < -0.3 is 16.0 Å². The number of hydrogen-bond acceptors (Lipinski definition) is 3. The van der Waals surface area contributed by atoms with Gasteiger partial charge in [-0.1, -0.05) is 68.3 Å². The number of unbranched alkanes of at least 4 members (excludes halogenated alkanes) is 1. The number of nitrogen functional groups attached to an aromatic ring is 2. The Labute approximate surface area is 166 Å². The van der Waals surface area contributed by atoms with Gasteiger partial charge in [0.25, 0.3) is 0 Å². The Kier molecular flexibility index (Phi) is 6.21. The van der Waals surface area contributed by atoms with Gasteiger partial charge in [0, 0.05) is 27.3 Å². The van der Waals surface area contributed by atoms with Crippen molar-refractivity contribution in [1.82, 2.24) is 0 Å². The van der Waals surface area contributed by atoms with Gasteiger partial charge in [-0.25, -0.2) is 4.39 Å². The fourth-order valence-electron chi connectivity index (χ4n) is 3.33. The molecular weight excluding hydrogens is 370 g/mol. The first-order valence-electron chi connectivity index (χ1n) is 9.52. The Morgan fingerprint density at radius 2 is 1.39 bits per heavy atom. The SMILES string of the molecule is CCCCC(F)c1ccc(P(=O)(c2cccc(N)c2)c2cccc(N)c2)cc1. The van der Waals surface area contributed by atoms with Gasteiger partial charge in [0.1, 0.15) is 6.17 Å². The van der Waals surface area contributed by atoms with E-state index in [0.29, 0.717) is 39.3 Å². The van der Waals surface area contributed by atoms with E-state index in [0.717, 1.165) is 12.8 Å². The third-order valence-corrected chi connectivity index (χ3v) is 7.93. The molecule has 0 saturated heterocycles. The second-order valence-corrected chi connectivity index (χ2v) is 9.77. The van der Waals surface area contributed by atoms with Crippen LogP contribution in [0.15, 0.2) is 72.8 Å². The summed E-state index contributed by atoms with van der Waals surface area (Å²) in [5, 5.41) is 1.90. The van der Waals surface area contributed by atoms with Gasteiger partial charge in [0.15, 0.2) is 7.14 Å². The fourth-order valence-corrected chi connectivity index (χ4v) is 6.05. The molecule has 0 aromatic heterocycles. The zero-order valence-corrected chi connectivity index (χ0v) is 16.9. The second-order valence-electron chi connectivity index (χ2n) is 7.00. The summed E-state index contributed by atoms with van der Waals surface area (Å²) in [5.41, 5.74) is 13.6. The number of nitrogens with two attached hydrogens (primary N) is 2. The molecule has 5 heteroatoms. The van der Waals surface area contributed by atoms with Crippen molar-refractivity contribution in [3.8, 4) is 0 Å². The molecule has 0 heterocycles. The van der Waals surface area contributed by atoms with Crippen LogP contribution in [0.25, 0.3) is 0 Å². The number of halogens is 1. The molecule has 0 bridgehead atoms. The van der Waals surface area contributed by atoms with E-state index < -0.39 is 13.3 Å². The molecule has 0 amide bonds. The smallest absolute Gasteiger partial charge is 0.171 e. The highest BCUT2D eigenvalue weighted by atomic mass is 31.2. The summed E-state index contributed by atoms with van der Waals surface area (Å²) >= 11 is 0. The zero-order chi connectivity index (χ0) is 20.1. The van der Waals surface area contributed by atoms with Crippen LogP contribution in [0.4, 0.5) is 15.8 Å². The molecule has 0 spiro atoms. The molecule has 1 unspecified atom stereocenters. The Morgan fingerprint density at radius 1 is 0.857 bits per heavy atom. The summed E-state index contributed by atoms with van der Waals surface area (Å²) in [6.45, 7) is 2.04. The maximum Gasteiger partial charge on any atom is 0.171 e. The van der Waals surface area contributed by atoms with Gasteiger partial charge in [-0.3, -0.25) is 0 Å². The van der Waals surface area contributed by atoms with Crippen molar-refractivity contribution in [2.75, 3.05) is 11.5 Å². The first kappa shape index (κ1) is 20.2. The lowest BCUT2D eigenvalue weighted by Crippen LogP contribution is -2.25. The molecule has 0 fully saturated rings. The van der Waals surface area contributed by atoms with Gasteiger partial charge >= 0.3 is 0 Å². The summed E-state index contributed by atoms with van der Waals surface area (Å²) in [6, 6.07) is 21.2. The van der Waals surface area contributed by atoms with E-state index in [9.17, 15) is 8.96 Å². The highest BCUT2D eigenvalue weighted by Crippen LogP contribution is 2.43. The van der Waals surface area contributed by atoms with Crippen LogP contribution in [-0.2, 0) is 4.57 Å². The van der Waals surface area contributed by atoms with E-state index in [1.807, 2.05) is 19.1 Å². The first-order chi connectivity index (χ1) is 13.4. The molecule has 28 heavy (non-hydrogen) atoms. The molecule has 146 valence electrons. The third kappa shape index (κ3) is 4.13. The van der Waals surface area contributed by atoms with Gasteiger partial charge in [-0.15, -0.1) is 0 Å². The summed E-state index contributed by atoms with van der Waals surface area (Å²) < 4.78 is 28.8. The van der Waals surface area contributed by atoms with E-state index >= 15 is 0 Å². The van der Waals surface area contributed by atoms with Crippen LogP contribution in [0, 0.1) is 0 Å². The third-order valence-electron chi connectivity index (χ3n) is 4.90. The molecule has 0 aliphatic rings. The van der Waals surface area contributed by atoms with Crippen molar-refractivity contribution in [2.24, 2.45) is 0 Å². The molecule has 0 aliphatic carbocycles. The maximum absolute atomic E-state index is 14.4. The number of anilines is 2. The van der Waals surface area contributed by atoms with Crippen molar-refractivity contribution < 1.29 is 8.96 Å². The van der Waals surface area contributed by atoms with Gasteiger partial charge in [-0.2, -0.15) is 0 Å². The molecule has 3 rings (SSSR count). The minimum atomic E-state index is -3.18. The van der Waals surface area contributed by atoms with E-state index in [-0.39, 0.29) is 0 Å². The lowest BCUT2D eigenvalue weighted by atomic mass is 10.1. The van der Waals surface area contributed by atoms with Crippen LogP contribution in [0.5, 0.6) is 0 Å². The standard InChI is InChI=1S/C23H26FN2OP/c1-2-3-10-23(24)17-11-13-20(14-12-17)28(27,21-8-4-6-18(25)15-21)22-9-5-7-19(26)16-22/h4-9,11-16,23H,2-3,10,25-26H2,1H3. The van der Waals surface area contributed by atoms with E-state index in [4.69, 9.17) is 11.5 Å². The average Bonchev–Trinajstić information content (AvgIpc) is 2.71. The van der Waals surface area contributed by atoms with Crippen molar-refractivity contribution in [2.45, 2.75) is 32.4 Å². The minimum Gasteiger partial charge on any atom is -0.399 e. The number of alkyl halides is 1. The molecule has 4 N–H and O–H groups in total. The molecule has 0 saturated carbocycles. The van der Waals surface area contributed by atoms with Crippen molar-refractivity contribution in [3.05, 3.63) is 78.4 Å². The molecule has 3 aromatic carbocycles. The summed E-state index contributed by atoms with van der Waals surface area (Å²) in [5.74, 6) is 0. The lowest BCUT2D eigenvalue weighted by molar-refractivity contribution is 0.316. The van der Waals surface area contributed by atoms with Crippen LogP contribution in [0.2, 0.25) is 0 Å². The lowest BCUT2D eigenvalue weighted by Gasteiger charge is -2.21. The first-order valence-corrected chi connectivity index (χ1v) is 11.2. The average molecular weight is 396 g/mol. The Hall–Kier alpha value is -2.58. The summed E-state index contributed by atoms with van der Waals surface area (Å²) in [6.07, 6.45) is 1.29. The highest BCUT2D eigenvalue weighted by molar-refractivity contribution is 7.85. The molecule has 0 aliphatic heterocycles. The van der Waals surface area contributed by atoms with E-state index in [1.165, 1.54) is 0 Å². The quantitative estimate of drug-likeness (QED) is 0.450. The van der Waals surface area contributed by atoms with Crippen LogP contribution >= 0.6 is 7.14 Å². The molecule has 0 radical (unpaired) electrons. The molecule has 1 atom stereocenters. The molecular formula is C23H26FN2OP. The number of benzene rings is 3. The fraction of sp³-hybridized carbons (Fsp3) is 0.217. The van der Waals surface area contributed by atoms with Gasteiger partial charge in [-0.05, 0) is 36.2 Å².